The number of hydrogen-bond acceptors (Lipinski definition) is 2. The number of rotatable bonds is 2. The lowest BCUT2D eigenvalue weighted by Gasteiger charge is -2.34. The van der Waals surface area contributed by atoms with Crippen LogP contribution in [0.4, 0.5) is 18.0 Å². The van der Waals surface area contributed by atoms with Crippen molar-refractivity contribution in [2.24, 2.45) is 0 Å². The van der Waals surface area contributed by atoms with Gasteiger partial charge < -0.3 is 5.32 Å². The second-order valence-electron chi connectivity index (χ2n) is 5.96. The molecule has 0 unspecified atom stereocenters. The number of carbonyl (C=O) groups excluding carboxylic acids is 2. The normalized spacial score (nSPS) is 22.5. The van der Waals surface area contributed by atoms with Gasteiger partial charge in [0.05, 0.1) is 6.54 Å². The van der Waals surface area contributed by atoms with Gasteiger partial charge in [0.2, 0.25) is 5.92 Å². The molecular formula is C15H14ClF3N2O2. The number of hydrogen-bond donors (Lipinski definition) is 1. The molecule has 0 bridgehead atoms. The molecule has 23 heavy (non-hydrogen) atoms. The van der Waals surface area contributed by atoms with Gasteiger partial charge in [0.25, 0.3) is 5.91 Å². The Morgan fingerprint density at radius 1 is 1.17 bits per heavy atom. The van der Waals surface area contributed by atoms with Crippen molar-refractivity contribution in [3.05, 3.63) is 34.6 Å². The molecule has 0 atom stereocenters. The minimum absolute atomic E-state index is 0.0239. The zero-order chi connectivity index (χ0) is 16.8. The number of alkyl halides is 2. The van der Waals surface area contributed by atoms with Gasteiger partial charge in [-0.2, -0.15) is 0 Å². The molecule has 2 aliphatic rings. The zero-order valence-electron chi connectivity index (χ0n) is 12.0. The second-order valence-corrected chi connectivity index (χ2v) is 6.37. The van der Waals surface area contributed by atoms with Gasteiger partial charge in [-0.15, -0.1) is 0 Å². The van der Waals surface area contributed by atoms with Gasteiger partial charge in [0.15, 0.2) is 0 Å². The molecule has 1 saturated carbocycles. The van der Waals surface area contributed by atoms with Gasteiger partial charge in [0, 0.05) is 23.4 Å². The summed E-state index contributed by atoms with van der Waals surface area (Å²) < 4.78 is 40.5. The number of carbonyl (C=O) groups is 2. The van der Waals surface area contributed by atoms with Crippen molar-refractivity contribution in [1.82, 2.24) is 10.2 Å². The van der Waals surface area contributed by atoms with Gasteiger partial charge >= 0.3 is 6.03 Å². The maximum Gasteiger partial charge on any atom is 0.325 e. The summed E-state index contributed by atoms with van der Waals surface area (Å²) in [6, 6.07) is 3.34. The molecule has 1 aromatic rings. The summed E-state index contributed by atoms with van der Waals surface area (Å²) in [5.74, 6) is -4.05. The Kier molecular flexibility index (Phi) is 3.78. The van der Waals surface area contributed by atoms with Crippen molar-refractivity contribution in [1.29, 1.82) is 0 Å². The molecule has 1 spiro atoms. The van der Waals surface area contributed by atoms with Gasteiger partial charge in [-0.1, -0.05) is 17.7 Å². The summed E-state index contributed by atoms with van der Waals surface area (Å²) >= 11 is 5.91. The van der Waals surface area contributed by atoms with E-state index in [9.17, 15) is 22.8 Å². The van der Waals surface area contributed by atoms with Crippen molar-refractivity contribution in [3.8, 4) is 0 Å². The standard InChI is InChI=1S/C15H14ClF3N2O2/c16-10-2-1-3-11(17)9(10)8-21-12(22)14(20-13(21)23)4-6-15(18,19)7-5-14/h1-3H,4-8H2,(H,20,23). The number of urea groups is 1. The highest BCUT2D eigenvalue weighted by atomic mass is 35.5. The summed E-state index contributed by atoms with van der Waals surface area (Å²) in [6.45, 7) is -0.325. The zero-order valence-corrected chi connectivity index (χ0v) is 12.8. The summed E-state index contributed by atoms with van der Waals surface area (Å²) in [4.78, 5) is 25.5. The number of benzene rings is 1. The summed E-state index contributed by atoms with van der Waals surface area (Å²) in [5.41, 5.74) is -1.29. The SMILES string of the molecule is O=C1NC2(CCC(F)(F)CC2)C(=O)N1Cc1c(F)cccc1Cl. The van der Waals surface area contributed by atoms with Gasteiger partial charge in [-0.05, 0) is 25.0 Å². The molecule has 0 aromatic heterocycles. The van der Waals surface area contributed by atoms with E-state index in [1.54, 1.807) is 0 Å². The molecule has 8 heteroatoms. The third-order valence-corrected chi connectivity index (χ3v) is 4.81. The maximum atomic E-state index is 13.8. The largest absolute Gasteiger partial charge is 0.325 e. The molecule has 1 heterocycles. The Balaban J connectivity index is 1.83. The first-order chi connectivity index (χ1) is 10.7. The first kappa shape index (κ1) is 16.1. The molecule has 3 amide bonds. The van der Waals surface area contributed by atoms with E-state index in [1.165, 1.54) is 18.2 Å². The molecule has 1 aromatic carbocycles. The van der Waals surface area contributed by atoms with Gasteiger partial charge in [-0.3, -0.25) is 9.69 Å². The van der Waals surface area contributed by atoms with E-state index < -0.39 is 42.1 Å². The average molecular weight is 347 g/mol. The highest BCUT2D eigenvalue weighted by Crippen LogP contribution is 2.41. The monoisotopic (exact) mass is 346 g/mol. The van der Waals surface area contributed by atoms with Crippen LogP contribution in [0.15, 0.2) is 18.2 Å². The molecular weight excluding hydrogens is 333 g/mol. The Bertz CT molecular complexity index is 650. The predicted octanol–water partition coefficient (Wildman–Crippen LogP) is 3.48. The minimum Gasteiger partial charge on any atom is -0.323 e. The van der Waals surface area contributed by atoms with Crippen LogP contribution in [0.1, 0.15) is 31.2 Å². The Morgan fingerprint density at radius 2 is 1.83 bits per heavy atom. The van der Waals surface area contributed by atoms with Crippen LogP contribution in [0.3, 0.4) is 0 Å². The van der Waals surface area contributed by atoms with Crippen molar-refractivity contribution in [2.75, 3.05) is 0 Å². The summed E-state index contributed by atoms with van der Waals surface area (Å²) in [5, 5.41) is 2.60. The number of halogens is 4. The first-order valence-corrected chi connectivity index (χ1v) is 7.57. The van der Waals surface area contributed by atoms with E-state index in [-0.39, 0.29) is 30.0 Å². The Labute approximate surface area is 135 Å². The van der Waals surface area contributed by atoms with Crippen LogP contribution >= 0.6 is 11.6 Å². The number of nitrogens with zero attached hydrogens (tertiary/aromatic N) is 1. The van der Waals surface area contributed by atoms with Crippen molar-refractivity contribution >= 4 is 23.5 Å². The van der Waals surface area contributed by atoms with Crippen molar-refractivity contribution in [2.45, 2.75) is 43.7 Å². The second kappa shape index (κ2) is 5.40. The van der Waals surface area contributed by atoms with Crippen LogP contribution in [0.5, 0.6) is 0 Å². The Hall–Kier alpha value is -1.76. The maximum absolute atomic E-state index is 13.8. The quantitative estimate of drug-likeness (QED) is 0.833. The first-order valence-electron chi connectivity index (χ1n) is 7.19. The molecule has 1 N–H and O–H groups in total. The van der Waals surface area contributed by atoms with E-state index in [1.807, 2.05) is 0 Å². The lowest BCUT2D eigenvalue weighted by molar-refractivity contribution is -0.136. The van der Waals surface area contributed by atoms with Crippen LogP contribution < -0.4 is 5.32 Å². The van der Waals surface area contributed by atoms with E-state index in [0.29, 0.717) is 0 Å². The minimum atomic E-state index is -2.82. The average Bonchev–Trinajstić information content (AvgIpc) is 2.70. The fraction of sp³-hybridized carbons (Fsp3) is 0.467. The van der Waals surface area contributed by atoms with Crippen LogP contribution in [-0.4, -0.2) is 28.3 Å². The lowest BCUT2D eigenvalue weighted by atomic mass is 9.80. The molecule has 0 radical (unpaired) electrons. The summed E-state index contributed by atoms with van der Waals surface area (Å²) in [6.07, 6.45) is -1.20. The van der Waals surface area contributed by atoms with Gasteiger partial charge in [0.1, 0.15) is 11.4 Å². The third-order valence-electron chi connectivity index (χ3n) is 4.46. The highest BCUT2D eigenvalue weighted by Gasteiger charge is 2.55. The lowest BCUT2D eigenvalue weighted by Crippen LogP contribution is -2.51. The Morgan fingerprint density at radius 3 is 2.43 bits per heavy atom. The fourth-order valence-corrected chi connectivity index (χ4v) is 3.27. The molecule has 1 saturated heterocycles. The van der Waals surface area contributed by atoms with Crippen molar-refractivity contribution < 1.29 is 22.8 Å². The van der Waals surface area contributed by atoms with E-state index in [4.69, 9.17) is 11.6 Å². The molecule has 1 aliphatic carbocycles. The van der Waals surface area contributed by atoms with E-state index >= 15 is 0 Å². The number of imide groups is 1. The van der Waals surface area contributed by atoms with E-state index in [2.05, 4.69) is 5.32 Å². The fourth-order valence-electron chi connectivity index (χ4n) is 3.04. The predicted molar refractivity (Wildman–Crippen MR) is 76.6 cm³/mol. The smallest absolute Gasteiger partial charge is 0.323 e. The topological polar surface area (TPSA) is 49.4 Å². The van der Waals surface area contributed by atoms with Crippen LogP contribution in [0, 0.1) is 5.82 Å². The summed E-state index contributed by atoms with van der Waals surface area (Å²) in [7, 11) is 0. The molecule has 1 aliphatic heterocycles. The molecule has 124 valence electrons. The van der Waals surface area contributed by atoms with Crippen molar-refractivity contribution in [3.63, 3.8) is 0 Å². The van der Waals surface area contributed by atoms with Gasteiger partial charge in [-0.25, -0.2) is 18.0 Å². The highest BCUT2D eigenvalue weighted by molar-refractivity contribution is 6.31. The van der Waals surface area contributed by atoms with Crippen LogP contribution in [0.2, 0.25) is 5.02 Å². The number of nitrogens with one attached hydrogen (secondary N) is 1. The molecule has 2 fully saturated rings. The third kappa shape index (κ3) is 2.78. The van der Waals surface area contributed by atoms with Crippen LogP contribution in [0.25, 0.3) is 0 Å². The molecule has 3 rings (SSSR count). The number of amides is 3. The van der Waals surface area contributed by atoms with Crippen LogP contribution in [-0.2, 0) is 11.3 Å². The molecule has 4 nitrogen and oxygen atoms in total. The van der Waals surface area contributed by atoms with E-state index in [0.717, 1.165) is 4.90 Å².